The number of hydrogen-bond donors (Lipinski definition) is 0. The maximum absolute atomic E-state index is 12.1. The first kappa shape index (κ1) is 14.9. The molecule has 5 heteroatoms. The second kappa shape index (κ2) is 6.31. The Bertz CT molecular complexity index is 620. The van der Waals surface area contributed by atoms with Crippen LogP contribution in [0.1, 0.15) is 20.1 Å². The van der Waals surface area contributed by atoms with Gasteiger partial charge in [-0.15, -0.1) is 23.1 Å². The third-order valence-electron chi connectivity index (χ3n) is 2.60. The highest BCUT2D eigenvalue weighted by Crippen LogP contribution is 2.29. The van der Waals surface area contributed by atoms with Crippen LogP contribution in [0.25, 0.3) is 0 Å². The molecule has 0 bridgehead atoms. The van der Waals surface area contributed by atoms with E-state index in [1.54, 1.807) is 23.5 Å². The van der Waals surface area contributed by atoms with Crippen molar-refractivity contribution in [2.24, 2.45) is 0 Å². The minimum Gasteiger partial charge on any atom is -0.293 e. The maximum atomic E-state index is 12.1. The van der Waals surface area contributed by atoms with E-state index in [2.05, 4.69) is 0 Å². The predicted octanol–water partition coefficient (Wildman–Crippen LogP) is 5.65. The summed E-state index contributed by atoms with van der Waals surface area (Å²) in [7, 11) is 0. The van der Waals surface area contributed by atoms with Crippen LogP contribution in [0.2, 0.25) is 10.0 Å². The van der Waals surface area contributed by atoms with E-state index < -0.39 is 0 Å². The summed E-state index contributed by atoms with van der Waals surface area (Å²) in [4.78, 5) is 15.3. The Hall–Kier alpha value is -0.480. The van der Waals surface area contributed by atoms with Crippen molar-refractivity contribution in [2.75, 3.05) is 5.75 Å². The molecule has 0 fully saturated rings. The molecule has 100 valence electrons. The standard InChI is InChI=1S/C14H12Cl2OS2/c1-8-5-11(9(2)19-8)14(17)7-18-10-3-4-12(15)13(16)6-10/h3-6H,7H2,1-2H3. The Morgan fingerprint density at radius 1 is 1.21 bits per heavy atom. The van der Waals surface area contributed by atoms with E-state index >= 15 is 0 Å². The summed E-state index contributed by atoms with van der Waals surface area (Å²) in [6.07, 6.45) is 0. The molecule has 1 aromatic heterocycles. The molecular weight excluding hydrogens is 319 g/mol. The zero-order valence-electron chi connectivity index (χ0n) is 10.5. The lowest BCUT2D eigenvalue weighted by molar-refractivity contribution is 0.102. The SMILES string of the molecule is Cc1cc(C(=O)CSc2ccc(Cl)c(Cl)c2)c(C)s1. The van der Waals surface area contributed by atoms with Crippen molar-refractivity contribution in [3.8, 4) is 0 Å². The van der Waals surface area contributed by atoms with Crippen LogP contribution in [-0.4, -0.2) is 11.5 Å². The number of carbonyl (C=O) groups is 1. The lowest BCUT2D eigenvalue weighted by Gasteiger charge is -2.03. The van der Waals surface area contributed by atoms with Crippen molar-refractivity contribution >= 4 is 52.1 Å². The first-order valence-corrected chi connectivity index (χ1v) is 8.21. The minimum atomic E-state index is 0.151. The zero-order chi connectivity index (χ0) is 14.0. The van der Waals surface area contributed by atoms with E-state index in [1.807, 2.05) is 26.0 Å². The average Bonchev–Trinajstić information content (AvgIpc) is 2.70. The molecule has 0 aliphatic carbocycles. The molecule has 0 radical (unpaired) electrons. The third kappa shape index (κ3) is 3.76. The van der Waals surface area contributed by atoms with Crippen molar-refractivity contribution in [3.63, 3.8) is 0 Å². The quantitative estimate of drug-likeness (QED) is 0.532. The molecular formula is C14H12Cl2OS2. The first-order valence-electron chi connectivity index (χ1n) is 5.65. The lowest BCUT2D eigenvalue weighted by atomic mass is 10.2. The fraction of sp³-hybridized carbons (Fsp3) is 0.214. The molecule has 1 aromatic carbocycles. The molecule has 1 nitrogen and oxygen atoms in total. The van der Waals surface area contributed by atoms with E-state index in [0.717, 1.165) is 15.3 Å². The van der Waals surface area contributed by atoms with Gasteiger partial charge in [-0.05, 0) is 38.1 Å². The van der Waals surface area contributed by atoms with Crippen LogP contribution in [0.3, 0.4) is 0 Å². The van der Waals surface area contributed by atoms with E-state index in [0.29, 0.717) is 15.8 Å². The van der Waals surface area contributed by atoms with Crippen LogP contribution >= 0.6 is 46.3 Å². The zero-order valence-corrected chi connectivity index (χ0v) is 13.6. The molecule has 0 unspecified atom stereocenters. The maximum Gasteiger partial charge on any atom is 0.174 e. The second-order valence-corrected chi connectivity index (χ2v) is 7.44. The summed E-state index contributed by atoms with van der Waals surface area (Å²) >= 11 is 14.9. The molecule has 0 spiro atoms. The summed E-state index contributed by atoms with van der Waals surface area (Å²) in [5.74, 6) is 0.563. The smallest absolute Gasteiger partial charge is 0.174 e. The van der Waals surface area contributed by atoms with Gasteiger partial charge in [-0.2, -0.15) is 0 Å². The molecule has 0 atom stereocenters. The van der Waals surface area contributed by atoms with Crippen molar-refractivity contribution in [1.29, 1.82) is 0 Å². The number of aryl methyl sites for hydroxylation is 2. The molecule has 0 saturated carbocycles. The Kier molecular flexibility index (Phi) is 4.96. The third-order valence-corrected chi connectivity index (χ3v) is 5.30. The normalized spacial score (nSPS) is 10.7. The fourth-order valence-corrected chi connectivity index (χ4v) is 3.82. The fourth-order valence-electron chi connectivity index (χ4n) is 1.70. The number of hydrogen-bond acceptors (Lipinski definition) is 3. The van der Waals surface area contributed by atoms with E-state index in [1.165, 1.54) is 16.6 Å². The largest absolute Gasteiger partial charge is 0.293 e. The molecule has 0 N–H and O–H groups in total. The molecule has 0 saturated heterocycles. The molecule has 0 aliphatic rings. The highest BCUT2D eigenvalue weighted by molar-refractivity contribution is 8.00. The predicted molar refractivity (Wildman–Crippen MR) is 85.3 cm³/mol. The second-order valence-electron chi connectivity index (χ2n) is 4.11. The Balaban J connectivity index is 2.04. The van der Waals surface area contributed by atoms with E-state index in [-0.39, 0.29) is 5.78 Å². The summed E-state index contributed by atoms with van der Waals surface area (Å²) in [5.41, 5.74) is 0.829. The molecule has 0 amide bonds. The van der Waals surface area contributed by atoms with Gasteiger partial charge in [-0.25, -0.2) is 0 Å². The van der Waals surface area contributed by atoms with Gasteiger partial charge in [0.15, 0.2) is 5.78 Å². The number of rotatable bonds is 4. The van der Waals surface area contributed by atoms with Gasteiger partial charge in [0.2, 0.25) is 0 Å². The van der Waals surface area contributed by atoms with Crippen molar-refractivity contribution in [2.45, 2.75) is 18.7 Å². The van der Waals surface area contributed by atoms with Crippen LogP contribution < -0.4 is 0 Å². The van der Waals surface area contributed by atoms with Gasteiger partial charge in [-0.3, -0.25) is 4.79 Å². The first-order chi connectivity index (χ1) is 8.97. The summed E-state index contributed by atoms with van der Waals surface area (Å²) in [6.45, 7) is 4.00. The number of benzene rings is 1. The van der Waals surface area contributed by atoms with Gasteiger partial charge in [0.25, 0.3) is 0 Å². The topological polar surface area (TPSA) is 17.1 Å². The highest BCUT2D eigenvalue weighted by Gasteiger charge is 2.12. The lowest BCUT2D eigenvalue weighted by Crippen LogP contribution is -2.02. The Morgan fingerprint density at radius 3 is 2.53 bits per heavy atom. The van der Waals surface area contributed by atoms with Gasteiger partial charge in [-0.1, -0.05) is 23.2 Å². The van der Waals surface area contributed by atoms with Gasteiger partial charge in [0.1, 0.15) is 0 Å². The average molecular weight is 331 g/mol. The minimum absolute atomic E-state index is 0.151. The van der Waals surface area contributed by atoms with E-state index in [9.17, 15) is 4.79 Å². The van der Waals surface area contributed by atoms with Gasteiger partial charge < -0.3 is 0 Å². The monoisotopic (exact) mass is 330 g/mol. The summed E-state index contributed by atoms with van der Waals surface area (Å²) in [5, 5.41) is 1.04. The summed E-state index contributed by atoms with van der Waals surface area (Å²) < 4.78 is 0. The van der Waals surface area contributed by atoms with Crippen LogP contribution in [0.4, 0.5) is 0 Å². The molecule has 2 rings (SSSR count). The number of Topliss-reactive ketones (excluding diaryl/α,β-unsaturated/α-hetero) is 1. The van der Waals surface area contributed by atoms with Crippen LogP contribution in [0.15, 0.2) is 29.2 Å². The van der Waals surface area contributed by atoms with Gasteiger partial charge >= 0.3 is 0 Å². The van der Waals surface area contributed by atoms with Crippen LogP contribution in [0, 0.1) is 13.8 Å². The number of thioether (sulfide) groups is 1. The van der Waals surface area contributed by atoms with Crippen molar-refractivity contribution < 1.29 is 4.79 Å². The molecule has 2 aromatic rings. The van der Waals surface area contributed by atoms with Crippen LogP contribution in [-0.2, 0) is 0 Å². The van der Waals surface area contributed by atoms with Crippen molar-refractivity contribution in [1.82, 2.24) is 0 Å². The Morgan fingerprint density at radius 2 is 1.95 bits per heavy atom. The molecule has 1 heterocycles. The summed E-state index contributed by atoms with van der Waals surface area (Å²) in [6, 6.07) is 7.36. The molecule has 0 aliphatic heterocycles. The van der Waals surface area contributed by atoms with E-state index in [4.69, 9.17) is 23.2 Å². The van der Waals surface area contributed by atoms with Gasteiger partial charge in [0, 0.05) is 20.2 Å². The number of ketones is 1. The van der Waals surface area contributed by atoms with Crippen molar-refractivity contribution in [3.05, 3.63) is 49.6 Å². The molecule has 19 heavy (non-hydrogen) atoms. The number of halogens is 2. The van der Waals surface area contributed by atoms with Crippen LogP contribution in [0.5, 0.6) is 0 Å². The number of carbonyl (C=O) groups excluding carboxylic acids is 1. The highest BCUT2D eigenvalue weighted by atomic mass is 35.5. The van der Waals surface area contributed by atoms with Gasteiger partial charge in [0.05, 0.1) is 15.8 Å². The number of thiophene rings is 1. The Labute approximate surface area is 130 Å².